The Morgan fingerprint density at radius 3 is 2.47 bits per heavy atom. The van der Waals surface area contributed by atoms with Crippen LogP contribution in [0, 0.1) is 0 Å². The predicted octanol–water partition coefficient (Wildman–Crippen LogP) is 3.74. The second kappa shape index (κ2) is 5.11. The smallest absolute Gasteiger partial charge is 0.203 e. The summed E-state index contributed by atoms with van der Waals surface area (Å²) in [5, 5.41) is 3.64. The summed E-state index contributed by atoms with van der Waals surface area (Å²) in [6.45, 7) is 0. The molecule has 2 aliphatic rings. The Bertz CT molecular complexity index is 346. The first-order chi connectivity index (χ1) is 8.43. The summed E-state index contributed by atoms with van der Waals surface area (Å²) in [6, 6.07) is 1.36. The number of imidazole rings is 1. The van der Waals surface area contributed by atoms with Crippen molar-refractivity contribution >= 4 is 5.95 Å². The Kier molecular flexibility index (Phi) is 3.34. The number of rotatable bonds is 3. The van der Waals surface area contributed by atoms with Crippen LogP contribution in [-0.4, -0.2) is 15.6 Å². The molecule has 2 saturated carbocycles. The summed E-state index contributed by atoms with van der Waals surface area (Å²) in [6.07, 6.45) is 16.3. The lowest BCUT2D eigenvalue weighted by molar-refractivity contribution is 0.355. The van der Waals surface area contributed by atoms with Gasteiger partial charge >= 0.3 is 0 Å². The first kappa shape index (κ1) is 11.1. The summed E-state index contributed by atoms with van der Waals surface area (Å²) in [7, 11) is 0. The number of aromatic nitrogens is 2. The van der Waals surface area contributed by atoms with Gasteiger partial charge in [0.05, 0.1) is 0 Å². The van der Waals surface area contributed by atoms with Crippen molar-refractivity contribution in [3.63, 3.8) is 0 Å². The first-order valence-corrected chi connectivity index (χ1v) is 7.23. The molecule has 1 N–H and O–H groups in total. The Labute approximate surface area is 104 Å². The van der Waals surface area contributed by atoms with E-state index in [2.05, 4.69) is 21.1 Å². The maximum Gasteiger partial charge on any atom is 0.203 e. The first-order valence-electron chi connectivity index (χ1n) is 7.23. The Morgan fingerprint density at radius 2 is 1.71 bits per heavy atom. The third-order valence-corrected chi connectivity index (χ3v) is 4.33. The van der Waals surface area contributed by atoms with Gasteiger partial charge in [-0.05, 0) is 25.7 Å². The second-order valence-electron chi connectivity index (χ2n) is 5.58. The number of hydrogen-bond acceptors (Lipinski definition) is 2. The Balaban J connectivity index is 1.69. The third-order valence-electron chi connectivity index (χ3n) is 4.33. The van der Waals surface area contributed by atoms with E-state index in [0.717, 1.165) is 5.95 Å². The normalized spacial score (nSPS) is 23.1. The minimum absolute atomic E-state index is 0.666. The molecule has 3 nitrogen and oxygen atoms in total. The third kappa shape index (κ3) is 2.48. The van der Waals surface area contributed by atoms with Gasteiger partial charge in [0.2, 0.25) is 5.95 Å². The van der Waals surface area contributed by atoms with Crippen LogP contribution in [0.5, 0.6) is 0 Å². The molecule has 0 saturated heterocycles. The lowest BCUT2D eigenvalue weighted by Gasteiger charge is -2.25. The molecule has 3 heteroatoms. The lowest BCUT2D eigenvalue weighted by Crippen LogP contribution is -2.21. The molecule has 0 aliphatic heterocycles. The van der Waals surface area contributed by atoms with Crippen LogP contribution in [0.25, 0.3) is 0 Å². The van der Waals surface area contributed by atoms with Gasteiger partial charge in [-0.3, -0.25) is 0 Å². The summed E-state index contributed by atoms with van der Waals surface area (Å²) < 4.78 is 2.39. The highest BCUT2D eigenvalue weighted by Gasteiger charge is 2.20. The standard InChI is InChI=1S/C14H23N3/c1-2-8-13(9-3-1)17-11-10-15-14(17)16-12-6-4-5-7-12/h10-13H,1-9H2,(H,15,16). The quantitative estimate of drug-likeness (QED) is 0.861. The molecule has 2 fully saturated rings. The molecule has 94 valence electrons. The molecule has 3 rings (SSSR count). The fraction of sp³-hybridized carbons (Fsp3) is 0.786. The van der Waals surface area contributed by atoms with Crippen molar-refractivity contribution in [2.45, 2.75) is 69.9 Å². The van der Waals surface area contributed by atoms with E-state index in [1.807, 2.05) is 6.20 Å². The molecule has 0 unspecified atom stereocenters. The van der Waals surface area contributed by atoms with Crippen LogP contribution in [-0.2, 0) is 0 Å². The Hall–Kier alpha value is -0.990. The predicted molar refractivity (Wildman–Crippen MR) is 70.2 cm³/mol. The fourth-order valence-electron chi connectivity index (χ4n) is 3.33. The van der Waals surface area contributed by atoms with Gasteiger partial charge in [-0.15, -0.1) is 0 Å². The number of anilines is 1. The molecule has 2 aliphatic carbocycles. The van der Waals surface area contributed by atoms with Crippen molar-refractivity contribution in [2.75, 3.05) is 5.32 Å². The highest BCUT2D eigenvalue weighted by atomic mass is 15.2. The minimum Gasteiger partial charge on any atom is -0.353 e. The van der Waals surface area contributed by atoms with Crippen molar-refractivity contribution in [1.82, 2.24) is 9.55 Å². The molecule has 0 amide bonds. The van der Waals surface area contributed by atoms with E-state index in [0.29, 0.717) is 12.1 Å². The van der Waals surface area contributed by atoms with Gasteiger partial charge in [0.15, 0.2) is 0 Å². The summed E-state index contributed by atoms with van der Waals surface area (Å²) in [5.74, 6) is 1.11. The van der Waals surface area contributed by atoms with Crippen molar-refractivity contribution in [3.05, 3.63) is 12.4 Å². The van der Waals surface area contributed by atoms with Gasteiger partial charge in [0.25, 0.3) is 0 Å². The fourth-order valence-corrected chi connectivity index (χ4v) is 3.33. The van der Waals surface area contributed by atoms with Crippen LogP contribution < -0.4 is 5.32 Å². The van der Waals surface area contributed by atoms with E-state index in [4.69, 9.17) is 0 Å². The van der Waals surface area contributed by atoms with Crippen LogP contribution in [0.15, 0.2) is 12.4 Å². The molecule has 0 aromatic carbocycles. The zero-order valence-corrected chi connectivity index (χ0v) is 10.6. The summed E-state index contributed by atoms with van der Waals surface area (Å²) >= 11 is 0. The average molecular weight is 233 g/mol. The van der Waals surface area contributed by atoms with E-state index < -0.39 is 0 Å². The molecular formula is C14H23N3. The number of hydrogen-bond donors (Lipinski definition) is 1. The van der Waals surface area contributed by atoms with Crippen LogP contribution in [0.4, 0.5) is 5.95 Å². The van der Waals surface area contributed by atoms with Gasteiger partial charge < -0.3 is 9.88 Å². The van der Waals surface area contributed by atoms with Gasteiger partial charge in [0.1, 0.15) is 0 Å². The zero-order chi connectivity index (χ0) is 11.5. The zero-order valence-electron chi connectivity index (χ0n) is 10.6. The van der Waals surface area contributed by atoms with Crippen molar-refractivity contribution < 1.29 is 0 Å². The molecule has 1 heterocycles. The van der Waals surface area contributed by atoms with Crippen LogP contribution >= 0.6 is 0 Å². The van der Waals surface area contributed by atoms with E-state index >= 15 is 0 Å². The van der Waals surface area contributed by atoms with Crippen molar-refractivity contribution in [3.8, 4) is 0 Å². The molecule has 1 aromatic heterocycles. The van der Waals surface area contributed by atoms with Crippen LogP contribution in [0.2, 0.25) is 0 Å². The molecule has 17 heavy (non-hydrogen) atoms. The highest BCUT2D eigenvalue weighted by Crippen LogP contribution is 2.31. The average Bonchev–Trinajstić information content (AvgIpc) is 3.02. The second-order valence-corrected chi connectivity index (χ2v) is 5.58. The maximum absolute atomic E-state index is 4.51. The molecule has 0 atom stereocenters. The molecule has 0 bridgehead atoms. The minimum atomic E-state index is 0.666. The van der Waals surface area contributed by atoms with E-state index in [1.54, 1.807) is 0 Å². The van der Waals surface area contributed by atoms with Gasteiger partial charge in [0, 0.05) is 24.5 Å². The maximum atomic E-state index is 4.51. The van der Waals surface area contributed by atoms with E-state index in [-0.39, 0.29) is 0 Å². The van der Waals surface area contributed by atoms with Crippen molar-refractivity contribution in [2.24, 2.45) is 0 Å². The number of nitrogens with zero attached hydrogens (tertiary/aromatic N) is 2. The van der Waals surface area contributed by atoms with Crippen LogP contribution in [0.1, 0.15) is 63.8 Å². The van der Waals surface area contributed by atoms with E-state index in [1.165, 1.54) is 57.8 Å². The monoisotopic (exact) mass is 233 g/mol. The summed E-state index contributed by atoms with van der Waals surface area (Å²) in [4.78, 5) is 4.51. The highest BCUT2D eigenvalue weighted by molar-refractivity contribution is 5.28. The SMILES string of the molecule is c1cn(C2CCCCC2)c(NC2CCCC2)n1. The van der Waals surface area contributed by atoms with E-state index in [9.17, 15) is 0 Å². The molecule has 0 spiro atoms. The largest absolute Gasteiger partial charge is 0.353 e. The van der Waals surface area contributed by atoms with Gasteiger partial charge in [-0.2, -0.15) is 0 Å². The van der Waals surface area contributed by atoms with Crippen LogP contribution in [0.3, 0.4) is 0 Å². The molecule has 0 radical (unpaired) electrons. The summed E-state index contributed by atoms with van der Waals surface area (Å²) in [5.41, 5.74) is 0. The van der Waals surface area contributed by atoms with Crippen molar-refractivity contribution in [1.29, 1.82) is 0 Å². The lowest BCUT2D eigenvalue weighted by atomic mass is 9.95. The van der Waals surface area contributed by atoms with Gasteiger partial charge in [-0.1, -0.05) is 32.1 Å². The number of nitrogens with one attached hydrogen (secondary N) is 1. The Morgan fingerprint density at radius 1 is 1.00 bits per heavy atom. The molecular weight excluding hydrogens is 210 g/mol. The molecule has 1 aromatic rings. The van der Waals surface area contributed by atoms with Gasteiger partial charge in [-0.25, -0.2) is 4.98 Å². The topological polar surface area (TPSA) is 29.9 Å².